The zero-order valence-corrected chi connectivity index (χ0v) is 20.3. The molecule has 9 heteroatoms. The van der Waals surface area contributed by atoms with Gasteiger partial charge in [-0.1, -0.05) is 12.1 Å². The van der Waals surface area contributed by atoms with Crippen molar-refractivity contribution in [2.75, 3.05) is 16.8 Å². The lowest BCUT2D eigenvalue weighted by Gasteiger charge is -2.24. The van der Waals surface area contributed by atoms with Crippen LogP contribution in [0.1, 0.15) is 67.6 Å². The maximum absolute atomic E-state index is 13.6. The summed E-state index contributed by atoms with van der Waals surface area (Å²) in [5.74, 6) is 2.92. The van der Waals surface area contributed by atoms with Crippen LogP contribution in [0.3, 0.4) is 0 Å². The number of rotatable bonds is 5. The number of allylic oxidation sites excluding steroid dienone is 1. The number of hydrogen-bond acceptors (Lipinski definition) is 7. The highest BCUT2D eigenvalue weighted by atomic mass is 16.2. The Kier molecular flexibility index (Phi) is 5.34. The number of fused-ring (bicyclic) bond motifs is 2. The van der Waals surface area contributed by atoms with Gasteiger partial charge in [-0.15, -0.1) is 10.2 Å². The van der Waals surface area contributed by atoms with E-state index in [1.165, 1.54) is 0 Å². The summed E-state index contributed by atoms with van der Waals surface area (Å²) in [7, 11) is 1.97. The van der Waals surface area contributed by atoms with Gasteiger partial charge in [0.05, 0.1) is 23.5 Å². The number of carbonyl (C=O) groups is 1. The fraction of sp³-hybridized carbons (Fsp3) is 0.400. The standard InChI is InChI=1S/C25H30N8O/c1-6-18(26)23-17-13-32(25(34)16(17)12-22(28-23)31(5)14(2)3)20-9-7-8-19(27-20)24-30-29-21-11-10-15(4)33(21)24/h6-9,12,14-15H,10-11,13,26H2,1-5H3/b18-6+/t15-/m0/s1. The van der Waals surface area contributed by atoms with Gasteiger partial charge < -0.3 is 15.2 Å². The zero-order chi connectivity index (χ0) is 24.1. The van der Waals surface area contributed by atoms with Crippen LogP contribution in [0.25, 0.3) is 17.2 Å². The first-order valence-electron chi connectivity index (χ1n) is 11.7. The van der Waals surface area contributed by atoms with Crippen LogP contribution >= 0.6 is 0 Å². The van der Waals surface area contributed by atoms with Crippen molar-refractivity contribution in [2.45, 2.75) is 59.2 Å². The highest BCUT2D eigenvalue weighted by Crippen LogP contribution is 2.35. The lowest BCUT2D eigenvalue weighted by molar-refractivity contribution is 0.0996. The third-order valence-electron chi connectivity index (χ3n) is 6.86. The summed E-state index contributed by atoms with van der Waals surface area (Å²) in [4.78, 5) is 27.0. The van der Waals surface area contributed by atoms with E-state index >= 15 is 0 Å². The highest BCUT2D eigenvalue weighted by molar-refractivity contribution is 6.10. The highest BCUT2D eigenvalue weighted by Gasteiger charge is 2.34. The Bertz CT molecular complexity index is 1310. The molecule has 5 rings (SSSR count). The van der Waals surface area contributed by atoms with Crippen molar-refractivity contribution in [1.29, 1.82) is 0 Å². The second kappa shape index (κ2) is 8.23. The lowest BCUT2D eigenvalue weighted by atomic mass is 10.1. The molecular weight excluding hydrogens is 428 g/mol. The van der Waals surface area contributed by atoms with Crippen LogP contribution in [0.2, 0.25) is 0 Å². The molecule has 0 unspecified atom stereocenters. The first-order valence-corrected chi connectivity index (χ1v) is 11.7. The topological polar surface area (TPSA) is 106 Å². The van der Waals surface area contributed by atoms with E-state index in [-0.39, 0.29) is 11.9 Å². The van der Waals surface area contributed by atoms with Gasteiger partial charge in [0.2, 0.25) is 0 Å². The summed E-state index contributed by atoms with van der Waals surface area (Å²) in [5, 5.41) is 8.73. The summed E-state index contributed by atoms with van der Waals surface area (Å²) < 4.78 is 2.15. The van der Waals surface area contributed by atoms with Gasteiger partial charge in [0.1, 0.15) is 23.2 Å². The van der Waals surface area contributed by atoms with Crippen LogP contribution < -0.4 is 15.5 Å². The van der Waals surface area contributed by atoms with Crippen LogP contribution in [0.5, 0.6) is 0 Å². The summed E-state index contributed by atoms with van der Waals surface area (Å²) in [6.45, 7) is 8.57. The van der Waals surface area contributed by atoms with Crippen LogP contribution in [-0.4, -0.2) is 43.7 Å². The minimum atomic E-state index is -0.106. The third-order valence-corrected chi connectivity index (χ3v) is 6.86. The van der Waals surface area contributed by atoms with E-state index in [2.05, 4.69) is 35.5 Å². The Labute approximate surface area is 199 Å². The number of hydrogen-bond donors (Lipinski definition) is 1. The minimum absolute atomic E-state index is 0.106. The van der Waals surface area contributed by atoms with Gasteiger partial charge in [-0.3, -0.25) is 9.69 Å². The van der Waals surface area contributed by atoms with Crippen molar-refractivity contribution in [3.8, 4) is 11.5 Å². The normalized spacial score (nSPS) is 17.5. The van der Waals surface area contributed by atoms with Gasteiger partial charge in [0.15, 0.2) is 5.82 Å². The second-order valence-corrected chi connectivity index (χ2v) is 9.27. The fourth-order valence-corrected chi connectivity index (χ4v) is 4.59. The van der Waals surface area contributed by atoms with Gasteiger partial charge in [-0.05, 0) is 52.3 Å². The summed E-state index contributed by atoms with van der Waals surface area (Å²) in [5.41, 5.74) is 9.66. The first-order chi connectivity index (χ1) is 16.3. The Balaban J connectivity index is 1.55. The maximum atomic E-state index is 13.6. The van der Waals surface area contributed by atoms with E-state index in [0.717, 1.165) is 35.9 Å². The SMILES string of the molecule is C/C=C(/N)c1nc(N(C)C(C)C)cc2c1CN(c1cccc(-c3nnc4n3[C@@H](C)CC4)n1)C2=O. The molecule has 1 amide bonds. The number of amides is 1. The van der Waals surface area contributed by atoms with Crippen LogP contribution in [0.4, 0.5) is 11.6 Å². The molecule has 0 bridgehead atoms. The van der Waals surface area contributed by atoms with Gasteiger partial charge in [0.25, 0.3) is 5.91 Å². The van der Waals surface area contributed by atoms with E-state index in [0.29, 0.717) is 41.1 Å². The average Bonchev–Trinajstić information content (AvgIpc) is 3.52. The number of carbonyl (C=O) groups excluding carboxylic acids is 1. The van der Waals surface area contributed by atoms with Crippen LogP contribution in [0, 0.1) is 0 Å². The molecule has 1 atom stereocenters. The smallest absolute Gasteiger partial charge is 0.260 e. The van der Waals surface area contributed by atoms with Gasteiger partial charge >= 0.3 is 0 Å². The Morgan fingerprint density at radius 1 is 1.26 bits per heavy atom. The third kappa shape index (κ3) is 3.43. The number of pyridine rings is 2. The van der Waals surface area contributed by atoms with Crippen LogP contribution in [-0.2, 0) is 13.0 Å². The summed E-state index contributed by atoms with van der Waals surface area (Å²) >= 11 is 0. The molecule has 0 aliphatic carbocycles. The molecule has 3 aromatic rings. The molecular formula is C25H30N8O. The predicted octanol–water partition coefficient (Wildman–Crippen LogP) is 3.57. The van der Waals surface area contributed by atoms with E-state index in [1.807, 2.05) is 49.2 Å². The van der Waals surface area contributed by atoms with Crippen molar-refractivity contribution >= 4 is 23.2 Å². The molecule has 2 N–H and O–H groups in total. The van der Waals surface area contributed by atoms with Crippen molar-refractivity contribution in [3.63, 3.8) is 0 Å². The molecule has 9 nitrogen and oxygen atoms in total. The number of anilines is 2. The molecule has 0 aromatic carbocycles. The quantitative estimate of drug-likeness (QED) is 0.623. The molecule has 5 heterocycles. The van der Waals surface area contributed by atoms with E-state index in [1.54, 1.807) is 4.90 Å². The lowest BCUT2D eigenvalue weighted by Crippen LogP contribution is -2.27. The molecule has 0 spiro atoms. The van der Waals surface area contributed by atoms with E-state index in [9.17, 15) is 4.79 Å². The largest absolute Gasteiger partial charge is 0.397 e. The molecule has 176 valence electrons. The monoisotopic (exact) mass is 458 g/mol. The van der Waals surface area contributed by atoms with Crippen molar-refractivity contribution in [3.05, 3.63) is 53.0 Å². The summed E-state index contributed by atoms with van der Waals surface area (Å²) in [6, 6.07) is 8.10. The zero-order valence-electron chi connectivity index (χ0n) is 20.3. The molecule has 2 aliphatic rings. The number of aryl methyl sites for hydroxylation is 1. The van der Waals surface area contributed by atoms with Crippen LogP contribution in [0.15, 0.2) is 30.3 Å². The molecule has 0 saturated carbocycles. The Morgan fingerprint density at radius 3 is 2.79 bits per heavy atom. The van der Waals surface area contributed by atoms with Gasteiger partial charge in [0, 0.05) is 31.1 Å². The van der Waals surface area contributed by atoms with E-state index < -0.39 is 0 Å². The minimum Gasteiger partial charge on any atom is -0.397 e. The fourth-order valence-electron chi connectivity index (χ4n) is 4.59. The summed E-state index contributed by atoms with van der Waals surface area (Å²) in [6.07, 6.45) is 3.79. The molecule has 0 radical (unpaired) electrons. The van der Waals surface area contributed by atoms with Crippen molar-refractivity contribution in [1.82, 2.24) is 24.7 Å². The molecule has 0 fully saturated rings. The van der Waals surface area contributed by atoms with Crippen molar-refractivity contribution in [2.24, 2.45) is 5.73 Å². The average molecular weight is 459 g/mol. The number of aromatic nitrogens is 5. The van der Waals surface area contributed by atoms with Gasteiger partial charge in [-0.2, -0.15) is 0 Å². The maximum Gasteiger partial charge on any atom is 0.260 e. The molecule has 3 aromatic heterocycles. The predicted molar refractivity (Wildman–Crippen MR) is 132 cm³/mol. The number of nitrogens with zero attached hydrogens (tertiary/aromatic N) is 7. The van der Waals surface area contributed by atoms with Crippen molar-refractivity contribution < 1.29 is 4.79 Å². The molecule has 0 saturated heterocycles. The number of nitrogens with two attached hydrogens (primary N) is 1. The van der Waals surface area contributed by atoms with E-state index in [4.69, 9.17) is 15.7 Å². The first kappa shape index (κ1) is 22.1. The molecule has 34 heavy (non-hydrogen) atoms. The molecule has 2 aliphatic heterocycles. The van der Waals surface area contributed by atoms with Gasteiger partial charge in [-0.25, -0.2) is 9.97 Å². The Hall–Kier alpha value is -3.75. The second-order valence-electron chi connectivity index (χ2n) is 9.27. The Morgan fingerprint density at radius 2 is 2.06 bits per heavy atom.